The SMILES string of the molecule is COc1ccc(C(=O)C(CC(=O)[N+]2(C(=O)O)CCC[C@H]2C)SC(=O)c2ccccc2)cc1F. The third-order valence-electron chi connectivity index (χ3n) is 6.02. The van der Waals surface area contributed by atoms with E-state index in [1.165, 1.54) is 19.2 Å². The largest absolute Gasteiger partial charge is 0.521 e. The van der Waals surface area contributed by atoms with Gasteiger partial charge in [-0.25, -0.2) is 9.18 Å². The molecule has 0 aromatic heterocycles. The smallest absolute Gasteiger partial charge is 0.494 e. The zero-order valence-corrected chi connectivity index (χ0v) is 19.1. The molecule has 0 saturated carbocycles. The number of benzene rings is 2. The van der Waals surface area contributed by atoms with Crippen LogP contribution in [0.25, 0.3) is 0 Å². The molecule has 3 atom stereocenters. The average molecular weight is 475 g/mol. The number of thioether (sulfide) groups is 1. The van der Waals surface area contributed by atoms with Crippen LogP contribution in [0, 0.1) is 5.82 Å². The molecular formula is C24H25FNO6S+. The van der Waals surface area contributed by atoms with Crippen molar-refractivity contribution in [2.24, 2.45) is 0 Å². The van der Waals surface area contributed by atoms with Crippen molar-refractivity contribution < 1.29 is 37.9 Å². The molecular weight excluding hydrogens is 449 g/mol. The molecule has 2 unspecified atom stereocenters. The molecule has 1 saturated heterocycles. The lowest BCUT2D eigenvalue weighted by atomic mass is 10.0. The minimum atomic E-state index is -1.27. The van der Waals surface area contributed by atoms with Crippen molar-refractivity contribution in [2.45, 2.75) is 37.5 Å². The molecule has 33 heavy (non-hydrogen) atoms. The number of halogens is 1. The number of hydrogen-bond acceptors (Lipinski definition) is 6. The molecule has 2 aromatic carbocycles. The standard InChI is InChI=1S/C24H24FNO6S/c1-15-7-6-12-26(15,24(30)31)21(27)14-20(33-23(29)16-8-4-3-5-9-16)22(28)17-10-11-19(32-2)18(25)13-17/h3-5,8-11,13,15,20H,6-7,12,14H2,1-2H3/p+1/t15-,20?,26?/m1/s1. The van der Waals surface area contributed by atoms with Gasteiger partial charge < -0.3 is 9.84 Å². The van der Waals surface area contributed by atoms with Gasteiger partial charge in [0.1, 0.15) is 6.04 Å². The van der Waals surface area contributed by atoms with Crippen LogP contribution in [0.3, 0.4) is 0 Å². The third kappa shape index (κ3) is 4.99. The second kappa shape index (κ2) is 10.3. The number of carboxylic acid groups (broad SMARTS) is 1. The van der Waals surface area contributed by atoms with Gasteiger partial charge in [0.05, 0.1) is 25.3 Å². The summed E-state index contributed by atoms with van der Waals surface area (Å²) < 4.78 is 18.3. The molecule has 9 heteroatoms. The van der Waals surface area contributed by atoms with Gasteiger partial charge in [-0.3, -0.25) is 9.59 Å². The van der Waals surface area contributed by atoms with Gasteiger partial charge in [-0.05, 0) is 25.1 Å². The van der Waals surface area contributed by atoms with Gasteiger partial charge in [0.2, 0.25) is 5.12 Å². The lowest BCUT2D eigenvalue weighted by Gasteiger charge is -2.30. The van der Waals surface area contributed by atoms with Crippen LogP contribution in [0.15, 0.2) is 48.5 Å². The van der Waals surface area contributed by atoms with Crippen molar-refractivity contribution >= 4 is 34.7 Å². The molecule has 3 rings (SSSR count). The molecule has 1 heterocycles. The second-order valence-electron chi connectivity index (χ2n) is 7.94. The highest BCUT2D eigenvalue weighted by molar-refractivity contribution is 8.15. The summed E-state index contributed by atoms with van der Waals surface area (Å²) in [5.41, 5.74) is 0.307. The maximum Gasteiger partial charge on any atom is 0.521 e. The Morgan fingerprint density at radius 2 is 1.85 bits per heavy atom. The summed E-state index contributed by atoms with van der Waals surface area (Å²) in [6.07, 6.45) is -0.605. The number of likely N-dealkylation sites (tertiary alicyclic amines) is 1. The van der Waals surface area contributed by atoms with E-state index in [1.54, 1.807) is 37.3 Å². The van der Waals surface area contributed by atoms with Gasteiger partial charge in [-0.2, -0.15) is 9.28 Å². The summed E-state index contributed by atoms with van der Waals surface area (Å²) in [5.74, 6) is -2.08. The van der Waals surface area contributed by atoms with Crippen LogP contribution in [-0.4, -0.2) is 57.4 Å². The van der Waals surface area contributed by atoms with E-state index in [9.17, 15) is 28.7 Å². The Hall–Kier alpha value is -3.04. The predicted molar refractivity (Wildman–Crippen MR) is 121 cm³/mol. The van der Waals surface area contributed by atoms with E-state index in [2.05, 4.69) is 0 Å². The quantitative estimate of drug-likeness (QED) is 0.464. The van der Waals surface area contributed by atoms with Crippen LogP contribution in [0.5, 0.6) is 5.75 Å². The Morgan fingerprint density at radius 1 is 1.15 bits per heavy atom. The predicted octanol–water partition coefficient (Wildman–Crippen LogP) is 4.55. The molecule has 0 aliphatic carbocycles. The second-order valence-corrected chi connectivity index (χ2v) is 9.11. The fraction of sp³-hybridized carbons (Fsp3) is 0.333. The Morgan fingerprint density at radius 3 is 2.39 bits per heavy atom. The maximum absolute atomic E-state index is 14.2. The van der Waals surface area contributed by atoms with Gasteiger partial charge in [-0.15, -0.1) is 0 Å². The molecule has 1 aliphatic rings. The number of ketones is 1. The summed E-state index contributed by atoms with van der Waals surface area (Å²) in [6.45, 7) is 1.82. The number of imide groups is 1. The number of rotatable bonds is 7. The summed E-state index contributed by atoms with van der Waals surface area (Å²) in [5, 5.41) is 8.21. The van der Waals surface area contributed by atoms with Gasteiger partial charge in [0.25, 0.3) is 0 Å². The molecule has 1 N–H and O–H groups in total. The average Bonchev–Trinajstić information content (AvgIpc) is 3.21. The summed E-state index contributed by atoms with van der Waals surface area (Å²) >= 11 is 0.649. The highest BCUT2D eigenvalue weighted by Crippen LogP contribution is 2.33. The molecule has 1 fully saturated rings. The first-order valence-electron chi connectivity index (χ1n) is 10.5. The van der Waals surface area contributed by atoms with E-state index >= 15 is 0 Å². The number of amides is 2. The van der Waals surface area contributed by atoms with Gasteiger partial charge >= 0.3 is 12.0 Å². The van der Waals surface area contributed by atoms with E-state index in [0.29, 0.717) is 30.2 Å². The van der Waals surface area contributed by atoms with Crippen molar-refractivity contribution in [3.05, 3.63) is 65.5 Å². The number of carbonyl (C=O) groups excluding carboxylic acids is 3. The molecule has 174 valence electrons. The van der Waals surface area contributed by atoms with Crippen LogP contribution < -0.4 is 4.74 Å². The molecule has 0 radical (unpaired) electrons. The Balaban J connectivity index is 1.93. The Bertz CT molecular complexity index is 1080. The minimum Gasteiger partial charge on any atom is -0.494 e. The topological polar surface area (TPSA) is 97.7 Å². The molecule has 0 spiro atoms. The van der Waals surface area contributed by atoms with E-state index in [-0.39, 0.29) is 17.9 Å². The number of quaternary nitrogens is 1. The molecule has 7 nitrogen and oxygen atoms in total. The van der Waals surface area contributed by atoms with Crippen molar-refractivity contribution in [1.29, 1.82) is 0 Å². The van der Waals surface area contributed by atoms with E-state index in [4.69, 9.17) is 4.74 Å². The van der Waals surface area contributed by atoms with Gasteiger partial charge in [-0.1, -0.05) is 42.1 Å². The van der Waals surface area contributed by atoms with Crippen LogP contribution in [0.2, 0.25) is 0 Å². The normalized spacial score (nSPS) is 20.8. The lowest BCUT2D eigenvalue weighted by molar-refractivity contribution is -0.792. The third-order valence-corrected chi connectivity index (χ3v) is 7.13. The Labute approximate surface area is 195 Å². The number of ether oxygens (including phenoxy) is 1. The van der Waals surface area contributed by atoms with Crippen molar-refractivity contribution in [3.8, 4) is 5.75 Å². The minimum absolute atomic E-state index is 0.0317. The van der Waals surface area contributed by atoms with E-state index < -0.39 is 50.9 Å². The number of carbonyl (C=O) groups is 4. The lowest BCUT2D eigenvalue weighted by Crippen LogP contribution is -2.59. The van der Waals surface area contributed by atoms with Crippen molar-refractivity contribution in [2.75, 3.05) is 13.7 Å². The van der Waals surface area contributed by atoms with Gasteiger partial charge in [0, 0.05) is 24.0 Å². The van der Waals surface area contributed by atoms with E-state index in [0.717, 1.165) is 6.07 Å². The van der Waals surface area contributed by atoms with Crippen LogP contribution in [-0.2, 0) is 4.79 Å². The fourth-order valence-electron chi connectivity index (χ4n) is 4.12. The van der Waals surface area contributed by atoms with Gasteiger partial charge in [0.15, 0.2) is 17.3 Å². The Kier molecular flexibility index (Phi) is 7.65. The van der Waals surface area contributed by atoms with Crippen molar-refractivity contribution in [1.82, 2.24) is 0 Å². The number of nitrogens with zero attached hydrogens (tertiary/aromatic N) is 1. The number of Topliss-reactive ketones (excluding diaryl/α,β-unsaturated/α-hetero) is 1. The maximum atomic E-state index is 14.2. The van der Waals surface area contributed by atoms with Crippen LogP contribution in [0.4, 0.5) is 9.18 Å². The first-order chi connectivity index (χ1) is 15.7. The highest BCUT2D eigenvalue weighted by atomic mass is 32.2. The summed E-state index contributed by atoms with van der Waals surface area (Å²) in [4.78, 5) is 51.5. The van der Waals surface area contributed by atoms with Crippen molar-refractivity contribution in [3.63, 3.8) is 0 Å². The van der Waals surface area contributed by atoms with E-state index in [1.807, 2.05) is 0 Å². The van der Waals surface area contributed by atoms with Crippen LogP contribution >= 0.6 is 11.8 Å². The zero-order chi connectivity index (χ0) is 24.2. The number of hydrogen-bond donors (Lipinski definition) is 1. The molecule has 0 bridgehead atoms. The molecule has 2 amide bonds. The van der Waals surface area contributed by atoms with Crippen LogP contribution in [0.1, 0.15) is 46.9 Å². The summed E-state index contributed by atoms with van der Waals surface area (Å²) in [7, 11) is 1.29. The molecule has 1 aliphatic heterocycles. The highest BCUT2D eigenvalue weighted by Gasteiger charge is 2.53. The number of methoxy groups -OCH3 is 1. The first kappa shape index (κ1) is 24.6. The monoisotopic (exact) mass is 474 g/mol. The molecule has 2 aromatic rings. The zero-order valence-electron chi connectivity index (χ0n) is 18.3. The first-order valence-corrected chi connectivity index (χ1v) is 11.4. The fourth-order valence-corrected chi connectivity index (χ4v) is 5.12. The summed E-state index contributed by atoms with van der Waals surface area (Å²) in [6, 6.07) is 11.4.